The summed E-state index contributed by atoms with van der Waals surface area (Å²) < 4.78 is 25.7. The minimum atomic E-state index is -1.16. The van der Waals surface area contributed by atoms with Gasteiger partial charge in [0.25, 0.3) is 0 Å². The van der Waals surface area contributed by atoms with Gasteiger partial charge in [0.05, 0.1) is 0 Å². The van der Waals surface area contributed by atoms with Gasteiger partial charge in [0.15, 0.2) is 17.5 Å². The zero-order valence-electron chi connectivity index (χ0n) is 9.06. The van der Waals surface area contributed by atoms with Crippen LogP contribution in [0.2, 0.25) is 0 Å². The maximum absolute atomic E-state index is 13.0. The average molecular weight is 236 g/mol. The van der Waals surface area contributed by atoms with E-state index in [0.29, 0.717) is 0 Å². The molecule has 1 atom stereocenters. The van der Waals surface area contributed by atoms with Crippen molar-refractivity contribution < 1.29 is 13.9 Å². The van der Waals surface area contributed by atoms with Crippen molar-refractivity contribution >= 4 is 0 Å². The molecule has 1 heterocycles. The summed E-state index contributed by atoms with van der Waals surface area (Å²) in [5.41, 5.74) is 1.07. The van der Waals surface area contributed by atoms with Crippen LogP contribution in [0.1, 0.15) is 23.1 Å². The molecule has 1 aromatic carbocycles. The van der Waals surface area contributed by atoms with Crippen molar-refractivity contribution in [3.05, 3.63) is 59.2 Å². The Balaban J connectivity index is 2.33. The zero-order valence-corrected chi connectivity index (χ0v) is 9.06. The van der Waals surface area contributed by atoms with Gasteiger partial charge in [-0.25, -0.2) is 18.7 Å². The smallest absolute Gasteiger partial charge is 0.161 e. The van der Waals surface area contributed by atoms with Crippen LogP contribution >= 0.6 is 0 Å². The maximum atomic E-state index is 13.0. The molecule has 0 fully saturated rings. The lowest BCUT2D eigenvalue weighted by Gasteiger charge is -2.09. The van der Waals surface area contributed by atoms with Crippen LogP contribution in [0.5, 0.6) is 0 Å². The largest absolute Gasteiger partial charge is 0.380 e. The van der Waals surface area contributed by atoms with Gasteiger partial charge in [-0.05, 0) is 30.2 Å². The monoisotopic (exact) mass is 236 g/mol. The molecule has 0 aliphatic carbocycles. The molecule has 0 aliphatic rings. The molecule has 3 nitrogen and oxygen atoms in total. The van der Waals surface area contributed by atoms with E-state index in [-0.39, 0.29) is 11.4 Å². The Hall–Kier alpha value is -1.88. The number of hydrogen-bond acceptors (Lipinski definition) is 3. The number of rotatable bonds is 2. The molecule has 17 heavy (non-hydrogen) atoms. The van der Waals surface area contributed by atoms with Crippen molar-refractivity contribution in [3.63, 3.8) is 0 Å². The molecule has 88 valence electrons. The zero-order chi connectivity index (χ0) is 12.4. The molecule has 2 aromatic rings. The van der Waals surface area contributed by atoms with Gasteiger partial charge in [-0.1, -0.05) is 6.07 Å². The number of halogens is 2. The van der Waals surface area contributed by atoms with Crippen molar-refractivity contribution in [2.75, 3.05) is 0 Å². The lowest BCUT2D eigenvalue weighted by Crippen LogP contribution is -2.06. The Morgan fingerprint density at radius 2 is 1.76 bits per heavy atom. The predicted octanol–water partition coefficient (Wildman–Crippen LogP) is 2.14. The summed E-state index contributed by atoms with van der Waals surface area (Å²) >= 11 is 0. The highest BCUT2D eigenvalue weighted by molar-refractivity contribution is 5.24. The summed E-state index contributed by atoms with van der Waals surface area (Å²) in [5.74, 6) is -1.80. The molecule has 5 heteroatoms. The Labute approximate surface area is 96.8 Å². The van der Waals surface area contributed by atoms with Gasteiger partial charge in [0.2, 0.25) is 0 Å². The highest BCUT2D eigenvalue weighted by Gasteiger charge is 2.15. The Morgan fingerprint density at radius 1 is 1.12 bits per heavy atom. The highest BCUT2D eigenvalue weighted by atomic mass is 19.2. The lowest BCUT2D eigenvalue weighted by molar-refractivity contribution is 0.209. The molecule has 0 spiro atoms. The van der Waals surface area contributed by atoms with Crippen LogP contribution in [0.15, 0.2) is 30.6 Å². The molecule has 0 saturated heterocycles. The standard InChI is InChI=1S/C12H10F2N2O/c1-7-5-15-12(16-6-7)11(17)8-2-3-9(13)10(14)4-8/h2-6,11,17H,1H3. The average Bonchev–Trinajstić information content (AvgIpc) is 2.33. The second kappa shape index (κ2) is 4.55. The summed E-state index contributed by atoms with van der Waals surface area (Å²) in [7, 11) is 0. The van der Waals surface area contributed by atoms with Gasteiger partial charge in [-0.3, -0.25) is 0 Å². The van der Waals surface area contributed by atoms with Gasteiger partial charge < -0.3 is 5.11 Å². The molecular formula is C12H10F2N2O. The Kier molecular flexibility index (Phi) is 3.10. The quantitative estimate of drug-likeness (QED) is 0.868. The summed E-state index contributed by atoms with van der Waals surface area (Å²) in [6, 6.07) is 3.19. The van der Waals surface area contributed by atoms with Gasteiger partial charge in [0.1, 0.15) is 6.10 Å². The van der Waals surface area contributed by atoms with E-state index in [4.69, 9.17) is 0 Å². The Bertz CT molecular complexity index is 529. The Morgan fingerprint density at radius 3 is 2.35 bits per heavy atom. The number of aliphatic hydroxyl groups excluding tert-OH is 1. The molecule has 2 rings (SSSR count). The van der Waals surface area contributed by atoms with Crippen LogP contribution < -0.4 is 0 Å². The van der Waals surface area contributed by atoms with Crippen molar-refractivity contribution in [2.45, 2.75) is 13.0 Å². The van der Waals surface area contributed by atoms with Crippen LogP contribution in [0.4, 0.5) is 8.78 Å². The van der Waals surface area contributed by atoms with Crippen LogP contribution in [-0.2, 0) is 0 Å². The van der Waals surface area contributed by atoms with E-state index >= 15 is 0 Å². The van der Waals surface area contributed by atoms with E-state index in [1.165, 1.54) is 6.07 Å². The number of nitrogens with zero attached hydrogens (tertiary/aromatic N) is 2. The first-order valence-corrected chi connectivity index (χ1v) is 4.99. The second-order valence-corrected chi connectivity index (χ2v) is 3.69. The summed E-state index contributed by atoms with van der Waals surface area (Å²) in [6.45, 7) is 1.81. The molecule has 0 saturated carbocycles. The number of aromatic nitrogens is 2. The van der Waals surface area contributed by atoms with Crippen molar-refractivity contribution in [3.8, 4) is 0 Å². The van der Waals surface area contributed by atoms with E-state index in [1.807, 2.05) is 6.92 Å². The van der Waals surface area contributed by atoms with E-state index in [9.17, 15) is 13.9 Å². The number of benzene rings is 1. The minimum absolute atomic E-state index is 0.154. The highest BCUT2D eigenvalue weighted by Crippen LogP contribution is 2.20. The van der Waals surface area contributed by atoms with Crippen molar-refractivity contribution in [1.82, 2.24) is 9.97 Å². The normalized spacial score (nSPS) is 12.5. The molecular weight excluding hydrogens is 226 g/mol. The number of aryl methyl sites for hydroxylation is 1. The summed E-state index contributed by atoms with van der Waals surface area (Å²) in [6.07, 6.45) is 1.93. The van der Waals surface area contributed by atoms with Gasteiger partial charge in [-0.15, -0.1) is 0 Å². The third-order valence-corrected chi connectivity index (χ3v) is 2.30. The van der Waals surface area contributed by atoms with E-state index in [2.05, 4.69) is 9.97 Å². The SMILES string of the molecule is Cc1cnc(C(O)c2ccc(F)c(F)c2)nc1. The van der Waals surface area contributed by atoms with E-state index in [1.54, 1.807) is 12.4 Å². The first-order valence-electron chi connectivity index (χ1n) is 4.99. The third-order valence-electron chi connectivity index (χ3n) is 2.30. The molecule has 0 amide bonds. The number of aliphatic hydroxyl groups is 1. The summed E-state index contributed by atoms with van der Waals surface area (Å²) in [4.78, 5) is 7.86. The van der Waals surface area contributed by atoms with E-state index in [0.717, 1.165) is 17.7 Å². The fraction of sp³-hybridized carbons (Fsp3) is 0.167. The van der Waals surface area contributed by atoms with Crippen LogP contribution in [0.25, 0.3) is 0 Å². The number of hydrogen-bond donors (Lipinski definition) is 1. The molecule has 0 radical (unpaired) electrons. The van der Waals surface area contributed by atoms with Gasteiger partial charge in [0, 0.05) is 12.4 Å². The first-order chi connectivity index (χ1) is 8.08. The van der Waals surface area contributed by atoms with Crippen molar-refractivity contribution in [1.29, 1.82) is 0 Å². The molecule has 0 bridgehead atoms. The fourth-order valence-electron chi connectivity index (χ4n) is 1.38. The topological polar surface area (TPSA) is 46.0 Å². The molecule has 1 unspecified atom stereocenters. The predicted molar refractivity (Wildman–Crippen MR) is 57.2 cm³/mol. The maximum Gasteiger partial charge on any atom is 0.161 e. The van der Waals surface area contributed by atoms with E-state index < -0.39 is 17.7 Å². The second-order valence-electron chi connectivity index (χ2n) is 3.69. The fourth-order valence-corrected chi connectivity index (χ4v) is 1.38. The van der Waals surface area contributed by atoms with Crippen LogP contribution in [0, 0.1) is 18.6 Å². The van der Waals surface area contributed by atoms with Crippen LogP contribution in [-0.4, -0.2) is 15.1 Å². The molecule has 0 aliphatic heterocycles. The lowest BCUT2D eigenvalue weighted by atomic mass is 10.1. The third kappa shape index (κ3) is 2.45. The first kappa shape index (κ1) is 11.6. The van der Waals surface area contributed by atoms with Crippen molar-refractivity contribution in [2.24, 2.45) is 0 Å². The summed E-state index contributed by atoms with van der Waals surface area (Å²) in [5, 5.41) is 9.88. The molecule has 1 N–H and O–H groups in total. The minimum Gasteiger partial charge on any atom is -0.380 e. The van der Waals surface area contributed by atoms with Gasteiger partial charge >= 0.3 is 0 Å². The van der Waals surface area contributed by atoms with Crippen LogP contribution in [0.3, 0.4) is 0 Å². The molecule has 1 aromatic heterocycles. The van der Waals surface area contributed by atoms with Gasteiger partial charge in [-0.2, -0.15) is 0 Å².